The zero-order valence-corrected chi connectivity index (χ0v) is 16.7. The van der Waals surface area contributed by atoms with Crippen LogP contribution in [0.2, 0.25) is 5.02 Å². The maximum atomic E-state index is 12.4. The smallest absolute Gasteiger partial charge is 0.237 e. The fraction of sp³-hybridized carbons (Fsp3) is 0.450. The summed E-state index contributed by atoms with van der Waals surface area (Å²) in [4.78, 5) is 18.4. The highest BCUT2D eigenvalue weighted by atomic mass is 35.5. The molecule has 0 spiro atoms. The number of hydrogen-bond donors (Lipinski definition) is 1. The third kappa shape index (κ3) is 5.55. The Bertz CT molecular complexity index is 682. The van der Waals surface area contributed by atoms with Crippen LogP contribution in [0.15, 0.2) is 41.8 Å². The van der Waals surface area contributed by atoms with Crippen molar-refractivity contribution in [1.82, 2.24) is 15.1 Å². The van der Waals surface area contributed by atoms with Crippen LogP contribution < -0.4 is 5.32 Å². The van der Waals surface area contributed by atoms with Gasteiger partial charge in [0.15, 0.2) is 0 Å². The number of rotatable bonds is 7. The lowest BCUT2D eigenvalue weighted by Gasteiger charge is -2.37. The minimum Gasteiger partial charge on any atom is -0.354 e. The molecule has 0 bridgehead atoms. The molecule has 6 heteroatoms. The van der Waals surface area contributed by atoms with Crippen molar-refractivity contribution in [3.8, 4) is 0 Å². The van der Waals surface area contributed by atoms with Gasteiger partial charge in [-0.15, -0.1) is 11.3 Å². The van der Waals surface area contributed by atoms with Crippen LogP contribution in [-0.2, 0) is 17.8 Å². The van der Waals surface area contributed by atoms with Crippen molar-refractivity contribution >= 4 is 28.8 Å². The van der Waals surface area contributed by atoms with Gasteiger partial charge in [0.05, 0.1) is 6.04 Å². The number of amides is 1. The van der Waals surface area contributed by atoms with Crippen molar-refractivity contribution in [3.05, 3.63) is 57.2 Å². The minimum absolute atomic E-state index is 0.0731. The molecule has 2 aromatic rings. The molecule has 3 rings (SSSR count). The molecule has 1 N–H and O–H groups in total. The molecule has 0 aliphatic carbocycles. The lowest BCUT2D eigenvalue weighted by Crippen LogP contribution is -2.53. The second kappa shape index (κ2) is 9.51. The Morgan fingerprint density at radius 1 is 1.19 bits per heavy atom. The second-order valence-electron chi connectivity index (χ2n) is 6.73. The largest absolute Gasteiger partial charge is 0.354 e. The highest BCUT2D eigenvalue weighted by molar-refractivity contribution is 7.09. The molecule has 1 fully saturated rings. The fourth-order valence-electron chi connectivity index (χ4n) is 3.23. The average molecular weight is 392 g/mol. The van der Waals surface area contributed by atoms with Crippen LogP contribution in [0.5, 0.6) is 0 Å². The number of halogens is 1. The molecule has 1 aliphatic rings. The molecule has 1 atom stereocenters. The molecule has 26 heavy (non-hydrogen) atoms. The Hall–Kier alpha value is -1.40. The summed E-state index contributed by atoms with van der Waals surface area (Å²) in [7, 11) is 0. The first-order chi connectivity index (χ1) is 12.6. The number of carbonyl (C=O) groups excluding carboxylic acids is 1. The van der Waals surface area contributed by atoms with E-state index in [0.29, 0.717) is 6.54 Å². The topological polar surface area (TPSA) is 35.6 Å². The third-order valence-electron chi connectivity index (χ3n) is 4.90. The van der Waals surface area contributed by atoms with Gasteiger partial charge in [0.25, 0.3) is 0 Å². The first-order valence-corrected chi connectivity index (χ1v) is 10.4. The molecule has 0 radical (unpaired) electrons. The first kappa shape index (κ1) is 19.4. The van der Waals surface area contributed by atoms with Gasteiger partial charge in [0.2, 0.25) is 5.91 Å². The standard InChI is InChI=1S/C20H26ClN3OS/c1-16(20(25)22-9-8-19-3-2-14-26-19)24-12-10-23(11-13-24)15-17-4-6-18(21)7-5-17/h2-7,14,16H,8-13,15H2,1H3,(H,22,25). The summed E-state index contributed by atoms with van der Waals surface area (Å²) in [6, 6.07) is 12.1. The zero-order valence-electron chi connectivity index (χ0n) is 15.2. The van der Waals surface area contributed by atoms with Crippen molar-refractivity contribution in [2.75, 3.05) is 32.7 Å². The number of nitrogens with zero attached hydrogens (tertiary/aromatic N) is 2. The predicted octanol–water partition coefficient (Wildman–Crippen LogP) is 3.27. The summed E-state index contributed by atoms with van der Waals surface area (Å²) in [5.41, 5.74) is 1.28. The number of benzene rings is 1. The summed E-state index contributed by atoms with van der Waals surface area (Å²) in [5, 5.41) is 5.92. The van der Waals surface area contributed by atoms with Gasteiger partial charge in [-0.05, 0) is 42.5 Å². The van der Waals surface area contributed by atoms with E-state index < -0.39 is 0 Å². The molecule has 1 aromatic heterocycles. The Labute approximate surface area is 164 Å². The summed E-state index contributed by atoms with van der Waals surface area (Å²) in [6.45, 7) is 7.47. The molecule has 1 aromatic carbocycles. The maximum absolute atomic E-state index is 12.4. The Balaban J connectivity index is 1.39. The van der Waals surface area contributed by atoms with E-state index in [2.05, 4.69) is 38.7 Å². The van der Waals surface area contributed by atoms with Crippen molar-refractivity contribution in [2.45, 2.75) is 25.9 Å². The number of carbonyl (C=O) groups is 1. The maximum Gasteiger partial charge on any atom is 0.237 e. The van der Waals surface area contributed by atoms with Crippen molar-refractivity contribution in [1.29, 1.82) is 0 Å². The van der Waals surface area contributed by atoms with Crippen molar-refractivity contribution in [3.63, 3.8) is 0 Å². The van der Waals surface area contributed by atoms with Crippen molar-refractivity contribution < 1.29 is 4.79 Å². The molecule has 1 aliphatic heterocycles. The van der Waals surface area contributed by atoms with Gasteiger partial charge < -0.3 is 5.32 Å². The van der Waals surface area contributed by atoms with E-state index in [0.717, 1.165) is 44.2 Å². The van der Waals surface area contributed by atoms with Gasteiger partial charge >= 0.3 is 0 Å². The normalized spacial score (nSPS) is 17.2. The van der Waals surface area contributed by atoms with E-state index in [1.54, 1.807) is 11.3 Å². The van der Waals surface area contributed by atoms with Gasteiger partial charge in [-0.3, -0.25) is 14.6 Å². The summed E-state index contributed by atoms with van der Waals surface area (Å²) in [6.07, 6.45) is 0.908. The molecule has 1 unspecified atom stereocenters. The van der Waals surface area contributed by atoms with E-state index in [-0.39, 0.29) is 11.9 Å². The van der Waals surface area contributed by atoms with Crippen LogP contribution in [-0.4, -0.2) is 54.5 Å². The third-order valence-corrected chi connectivity index (χ3v) is 6.09. The summed E-state index contributed by atoms with van der Waals surface area (Å²) >= 11 is 7.68. The van der Waals surface area contributed by atoms with Gasteiger partial charge in [0.1, 0.15) is 0 Å². The molecule has 1 amide bonds. The highest BCUT2D eigenvalue weighted by Gasteiger charge is 2.25. The Morgan fingerprint density at radius 2 is 1.92 bits per heavy atom. The number of hydrogen-bond acceptors (Lipinski definition) is 4. The Kier molecular flexibility index (Phi) is 7.08. The zero-order chi connectivity index (χ0) is 18.4. The van der Waals surface area contributed by atoms with Crippen LogP contribution in [0.4, 0.5) is 0 Å². The quantitative estimate of drug-likeness (QED) is 0.786. The van der Waals surface area contributed by atoms with E-state index in [9.17, 15) is 4.79 Å². The molecule has 140 valence electrons. The lowest BCUT2D eigenvalue weighted by atomic mass is 10.1. The number of thiophene rings is 1. The van der Waals surface area contributed by atoms with Crippen LogP contribution >= 0.6 is 22.9 Å². The van der Waals surface area contributed by atoms with E-state index in [1.165, 1.54) is 10.4 Å². The van der Waals surface area contributed by atoms with Crippen molar-refractivity contribution in [2.24, 2.45) is 0 Å². The van der Waals surface area contributed by atoms with Gasteiger partial charge in [-0.2, -0.15) is 0 Å². The van der Waals surface area contributed by atoms with Gasteiger partial charge in [-0.1, -0.05) is 29.8 Å². The molecular formula is C20H26ClN3OS. The number of piperazine rings is 1. The van der Waals surface area contributed by atoms with Gasteiger partial charge in [0, 0.05) is 49.2 Å². The second-order valence-corrected chi connectivity index (χ2v) is 8.20. The van der Waals surface area contributed by atoms with Crippen LogP contribution in [0.3, 0.4) is 0 Å². The SMILES string of the molecule is CC(C(=O)NCCc1cccs1)N1CCN(Cc2ccc(Cl)cc2)CC1. The first-order valence-electron chi connectivity index (χ1n) is 9.13. The average Bonchev–Trinajstić information content (AvgIpc) is 3.17. The Morgan fingerprint density at radius 3 is 2.58 bits per heavy atom. The summed E-state index contributed by atoms with van der Waals surface area (Å²) < 4.78 is 0. The number of nitrogens with one attached hydrogen (secondary N) is 1. The van der Waals surface area contributed by atoms with Crippen LogP contribution in [0.25, 0.3) is 0 Å². The molecule has 4 nitrogen and oxygen atoms in total. The summed E-state index contributed by atoms with van der Waals surface area (Å²) in [5.74, 6) is 0.132. The molecule has 1 saturated heterocycles. The monoisotopic (exact) mass is 391 g/mol. The fourth-order valence-corrected chi connectivity index (χ4v) is 4.07. The molecule has 0 saturated carbocycles. The van der Waals surface area contributed by atoms with E-state index >= 15 is 0 Å². The highest BCUT2D eigenvalue weighted by Crippen LogP contribution is 2.14. The van der Waals surface area contributed by atoms with Crippen LogP contribution in [0.1, 0.15) is 17.4 Å². The van der Waals surface area contributed by atoms with Gasteiger partial charge in [-0.25, -0.2) is 0 Å². The predicted molar refractivity (Wildman–Crippen MR) is 109 cm³/mol. The molecular weight excluding hydrogens is 366 g/mol. The minimum atomic E-state index is -0.0731. The lowest BCUT2D eigenvalue weighted by molar-refractivity contribution is -0.126. The molecule has 2 heterocycles. The van der Waals surface area contributed by atoms with Crippen LogP contribution in [0, 0.1) is 0 Å². The van der Waals surface area contributed by atoms with E-state index in [4.69, 9.17) is 11.6 Å². The van der Waals surface area contributed by atoms with E-state index in [1.807, 2.05) is 25.1 Å².